The molecule has 7 aromatic carbocycles. The molecule has 0 radical (unpaired) electrons. The van der Waals surface area contributed by atoms with Gasteiger partial charge in [0.1, 0.15) is 0 Å². The second-order valence-electron chi connectivity index (χ2n) is 13.7. The van der Waals surface area contributed by atoms with E-state index in [0.29, 0.717) is 0 Å². The summed E-state index contributed by atoms with van der Waals surface area (Å²) in [6.45, 7) is 4.32. The largest absolute Gasteiger partial charge is 0.0760 e. The highest BCUT2D eigenvalue weighted by atomic mass is 79.9. The third-order valence-electron chi connectivity index (χ3n) is 10.2. The number of hydrogen-bond donors (Lipinski definition) is 0. The zero-order valence-electron chi connectivity index (χ0n) is 29.4. The fourth-order valence-electron chi connectivity index (χ4n) is 7.43. The van der Waals surface area contributed by atoms with Crippen LogP contribution < -0.4 is 0 Å². The predicted octanol–water partition coefficient (Wildman–Crippen LogP) is 18.3. The van der Waals surface area contributed by atoms with Crippen molar-refractivity contribution in [2.75, 3.05) is 0 Å². The van der Waals surface area contributed by atoms with Crippen LogP contribution in [-0.4, -0.2) is 0 Å². The van der Waals surface area contributed by atoms with Crippen LogP contribution in [0.3, 0.4) is 0 Å². The van der Waals surface area contributed by atoms with Gasteiger partial charge in [-0.25, -0.2) is 0 Å². The standard InChI is InChI=1S/C48H32Br4P2/c1-29-13-19-35(20-14-29)53-43-25-33(31-9-5-3-6-10-31)17-23-37(43)45(51)47(53)39-27-42(50)40(28-41(39)49)48-46(52)38-24-18-34(32-11-7-4-8-12-32)26-44(38)54(48)36-21-15-30(2)16-22-36/h3-28H,1-2H3. The molecule has 6 heteroatoms. The van der Waals surface area contributed by atoms with Crippen molar-refractivity contribution in [1.29, 1.82) is 0 Å². The minimum Gasteiger partial charge on any atom is -0.0760 e. The van der Waals surface area contributed by atoms with Crippen LogP contribution in [0.15, 0.2) is 176 Å². The van der Waals surface area contributed by atoms with Gasteiger partial charge in [-0.2, -0.15) is 0 Å². The fourth-order valence-corrected chi connectivity index (χ4v) is 16.6. The Kier molecular flexibility index (Phi) is 9.98. The maximum absolute atomic E-state index is 4.16. The first-order valence-electron chi connectivity index (χ1n) is 17.7. The van der Waals surface area contributed by atoms with Crippen molar-refractivity contribution in [1.82, 2.24) is 0 Å². The molecule has 262 valence electrons. The summed E-state index contributed by atoms with van der Waals surface area (Å²) in [6, 6.07) is 58.3. The molecule has 2 heterocycles. The van der Waals surface area contributed by atoms with Crippen molar-refractivity contribution >= 4 is 99.8 Å². The maximum Gasteiger partial charge on any atom is 0.0379 e. The molecule has 0 aliphatic heterocycles. The molecule has 0 N–H and O–H groups in total. The van der Waals surface area contributed by atoms with E-state index in [0.717, 1.165) is 17.9 Å². The summed E-state index contributed by atoms with van der Waals surface area (Å²) in [5, 5.41) is 10.6. The van der Waals surface area contributed by atoms with E-state index < -0.39 is 15.1 Å². The van der Waals surface area contributed by atoms with Crippen LogP contribution in [0.5, 0.6) is 0 Å². The van der Waals surface area contributed by atoms with E-state index in [-0.39, 0.29) is 0 Å². The third kappa shape index (κ3) is 6.44. The lowest BCUT2D eigenvalue weighted by atomic mass is 10.0. The Morgan fingerprint density at radius 3 is 1.11 bits per heavy atom. The minimum atomic E-state index is -0.859. The van der Waals surface area contributed by atoms with Gasteiger partial charge in [0.2, 0.25) is 0 Å². The van der Waals surface area contributed by atoms with E-state index in [4.69, 9.17) is 0 Å². The van der Waals surface area contributed by atoms with Gasteiger partial charge in [0.25, 0.3) is 0 Å². The third-order valence-corrected chi connectivity index (χ3v) is 18.9. The van der Waals surface area contributed by atoms with E-state index in [9.17, 15) is 0 Å². The summed E-state index contributed by atoms with van der Waals surface area (Å²) in [7, 11) is -1.72. The lowest BCUT2D eigenvalue weighted by molar-refractivity contribution is 1.49. The summed E-state index contributed by atoms with van der Waals surface area (Å²) < 4.78 is 4.48. The molecule has 0 bridgehead atoms. The number of benzene rings is 7. The highest BCUT2D eigenvalue weighted by Crippen LogP contribution is 2.64. The summed E-state index contributed by atoms with van der Waals surface area (Å²) in [5.41, 5.74) is 9.86. The van der Waals surface area contributed by atoms with Gasteiger partial charge in [-0.15, -0.1) is 0 Å². The molecule has 0 aliphatic rings. The fraction of sp³-hybridized carbons (Fsp3) is 0.0417. The SMILES string of the molecule is Cc1ccc(-p2c(-c3cc(Br)c(-c4c(Br)c5ccc(-c6ccccc6)cc5p4-c4ccc(C)cc4)cc3Br)c(Br)c3ccc(-c4ccccc4)cc32)cc1. The van der Waals surface area contributed by atoms with Crippen LogP contribution in [-0.2, 0) is 0 Å². The Morgan fingerprint density at radius 1 is 0.370 bits per heavy atom. The van der Waals surface area contributed by atoms with Gasteiger partial charge in [0.15, 0.2) is 0 Å². The summed E-state index contributed by atoms with van der Waals surface area (Å²) in [6.07, 6.45) is 0. The molecular formula is C48H32Br4P2. The summed E-state index contributed by atoms with van der Waals surface area (Å²) in [4.78, 5) is 0. The van der Waals surface area contributed by atoms with Crippen LogP contribution in [0, 0.1) is 13.8 Å². The molecule has 54 heavy (non-hydrogen) atoms. The first kappa shape index (κ1) is 36.2. The molecule has 0 aliphatic carbocycles. The molecule has 0 fully saturated rings. The molecule has 2 aromatic heterocycles. The lowest BCUT2D eigenvalue weighted by Gasteiger charge is -2.16. The van der Waals surface area contributed by atoms with E-state index in [1.54, 1.807) is 0 Å². The first-order valence-corrected chi connectivity index (χ1v) is 23.5. The number of halogens is 4. The quantitative estimate of drug-likeness (QED) is 0.156. The number of aryl methyl sites for hydroxylation is 2. The number of fused-ring (bicyclic) bond motifs is 2. The molecule has 0 nitrogen and oxygen atoms in total. The van der Waals surface area contributed by atoms with E-state index in [2.05, 4.69) is 235 Å². The van der Waals surface area contributed by atoms with Crippen molar-refractivity contribution in [3.05, 3.63) is 187 Å². The van der Waals surface area contributed by atoms with Gasteiger partial charge in [-0.05, 0) is 103 Å². The normalized spacial score (nSPS) is 12.2. The van der Waals surface area contributed by atoms with Gasteiger partial charge in [0.05, 0.1) is 0 Å². The molecule has 2 unspecified atom stereocenters. The molecule has 0 spiro atoms. The second-order valence-corrected chi connectivity index (χ2v) is 21.2. The van der Waals surface area contributed by atoms with Gasteiger partial charge in [-0.3, -0.25) is 0 Å². The highest BCUT2D eigenvalue weighted by molar-refractivity contribution is 9.11. The zero-order chi connectivity index (χ0) is 37.1. The van der Waals surface area contributed by atoms with Crippen molar-refractivity contribution in [3.63, 3.8) is 0 Å². The Labute approximate surface area is 351 Å². The number of rotatable bonds is 6. The molecule has 9 rings (SSSR count). The Hall–Kier alpha value is -3.46. The minimum absolute atomic E-state index is 0.859. The maximum atomic E-state index is 4.16. The first-order chi connectivity index (χ1) is 26.3. The van der Waals surface area contributed by atoms with Crippen LogP contribution in [0.4, 0.5) is 0 Å². The second kappa shape index (κ2) is 14.9. The van der Waals surface area contributed by atoms with Crippen LogP contribution in [0.25, 0.3) is 75.6 Å². The monoisotopic (exact) mass is 986 g/mol. The van der Waals surface area contributed by atoms with Gasteiger partial charge in [0, 0.05) is 60.6 Å². The molecule has 2 atom stereocenters. The van der Waals surface area contributed by atoms with Gasteiger partial charge < -0.3 is 0 Å². The Morgan fingerprint density at radius 2 is 0.741 bits per heavy atom. The lowest BCUT2D eigenvalue weighted by Crippen LogP contribution is -1.85. The van der Waals surface area contributed by atoms with Crippen molar-refractivity contribution in [2.24, 2.45) is 0 Å². The molecule has 9 aromatic rings. The van der Waals surface area contributed by atoms with E-state index >= 15 is 0 Å². The highest BCUT2D eigenvalue weighted by Gasteiger charge is 2.26. The molecule has 0 saturated heterocycles. The van der Waals surface area contributed by atoms with Crippen LogP contribution in [0.2, 0.25) is 0 Å². The molecule has 0 amide bonds. The van der Waals surface area contributed by atoms with Gasteiger partial charge in [-0.1, -0.05) is 192 Å². The van der Waals surface area contributed by atoms with E-state index in [1.807, 2.05) is 0 Å². The summed E-state index contributed by atoms with van der Waals surface area (Å²) >= 11 is 16.6. The predicted molar refractivity (Wildman–Crippen MR) is 252 cm³/mol. The molecule has 0 saturated carbocycles. The summed E-state index contributed by atoms with van der Waals surface area (Å²) in [5.74, 6) is 0. The van der Waals surface area contributed by atoms with Crippen molar-refractivity contribution in [2.45, 2.75) is 13.8 Å². The molecular weight excluding hydrogens is 958 g/mol. The smallest absolute Gasteiger partial charge is 0.0379 e. The van der Waals surface area contributed by atoms with E-state index in [1.165, 1.54) is 86.7 Å². The average molecular weight is 990 g/mol. The zero-order valence-corrected chi connectivity index (χ0v) is 37.6. The number of hydrogen-bond acceptors (Lipinski definition) is 0. The Bertz CT molecular complexity index is 2650. The van der Waals surface area contributed by atoms with Crippen LogP contribution >= 0.6 is 78.8 Å². The van der Waals surface area contributed by atoms with Gasteiger partial charge >= 0.3 is 0 Å². The topological polar surface area (TPSA) is 0 Å². The van der Waals surface area contributed by atoms with Crippen molar-refractivity contribution in [3.8, 4) is 54.6 Å². The Balaban J connectivity index is 1.28. The van der Waals surface area contributed by atoms with Crippen molar-refractivity contribution < 1.29 is 0 Å². The van der Waals surface area contributed by atoms with Crippen LogP contribution in [0.1, 0.15) is 11.1 Å². The average Bonchev–Trinajstić information content (AvgIpc) is 3.66.